The minimum absolute atomic E-state index is 0.0423. The Hall–Kier alpha value is -3.68. The monoisotopic (exact) mass is 511 g/mol. The molecule has 3 aromatic carbocycles. The van der Waals surface area contributed by atoms with Gasteiger partial charge in [0.05, 0.1) is 28.8 Å². The fourth-order valence-corrected chi connectivity index (χ4v) is 4.51. The van der Waals surface area contributed by atoms with E-state index in [0.717, 1.165) is 5.56 Å². The Morgan fingerprint density at radius 3 is 2.46 bits per heavy atom. The smallest absolute Gasteiger partial charge is 0.295 e. The topological polar surface area (TPSA) is 85.3 Å². The first-order valence-electron chi connectivity index (χ1n) is 10.6. The summed E-state index contributed by atoms with van der Waals surface area (Å²) in [6.45, 7) is 0.231. The third-order valence-electron chi connectivity index (χ3n) is 5.95. The van der Waals surface area contributed by atoms with E-state index < -0.39 is 17.7 Å². The second-order valence-electron chi connectivity index (χ2n) is 8.02. The molecule has 1 unspecified atom stereocenters. The SMILES string of the molecule is COc1ccc(C2/C(=C(\O)c3ccc(Cl)c(Cl)c3)C(=O)C(=O)N2Cc2ccc3c(c2)OCO3)cc1. The quantitative estimate of drug-likeness (QED) is 0.282. The number of hydrogen-bond donors (Lipinski definition) is 1. The Kier molecular flexibility index (Phi) is 6.05. The minimum atomic E-state index is -0.846. The van der Waals surface area contributed by atoms with E-state index in [0.29, 0.717) is 27.8 Å². The van der Waals surface area contributed by atoms with E-state index in [1.54, 1.807) is 55.6 Å². The second-order valence-corrected chi connectivity index (χ2v) is 8.83. The Labute approximate surface area is 211 Å². The predicted molar refractivity (Wildman–Crippen MR) is 130 cm³/mol. The highest BCUT2D eigenvalue weighted by molar-refractivity contribution is 6.46. The fourth-order valence-electron chi connectivity index (χ4n) is 4.21. The number of Topliss-reactive ketones (excluding diaryl/α,β-unsaturated/α-hetero) is 1. The fraction of sp³-hybridized carbons (Fsp3) is 0.154. The van der Waals surface area contributed by atoms with E-state index in [9.17, 15) is 14.7 Å². The zero-order valence-corrected chi connectivity index (χ0v) is 20.0. The van der Waals surface area contributed by atoms with Gasteiger partial charge in [0.25, 0.3) is 11.7 Å². The third kappa shape index (κ3) is 4.17. The van der Waals surface area contributed by atoms with Gasteiger partial charge in [-0.25, -0.2) is 0 Å². The van der Waals surface area contributed by atoms with Crippen molar-refractivity contribution < 1.29 is 28.9 Å². The second kappa shape index (κ2) is 9.17. The first-order chi connectivity index (χ1) is 16.9. The van der Waals surface area contributed by atoms with Gasteiger partial charge in [0.2, 0.25) is 6.79 Å². The lowest BCUT2D eigenvalue weighted by Gasteiger charge is -2.25. The number of ether oxygens (including phenoxy) is 3. The van der Waals surface area contributed by atoms with Gasteiger partial charge >= 0.3 is 0 Å². The van der Waals surface area contributed by atoms with Crippen LogP contribution < -0.4 is 14.2 Å². The van der Waals surface area contributed by atoms with Crippen molar-refractivity contribution in [2.24, 2.45) is 0 Å². The van der Waals surface area contributed by atoms with Crippen molar-refractivity contribution in [2.45, 2.75) is 12.6 Å². The van der Waals surface area contributed by atoms with Crippen LogP contribution in [0.25, 0.3) is 5.76 Å². The van der Waals surface area contributed by atoms with E-state index in [1.807, 2.05) is 0 Å². The molecule has 1 amide bonds. The Bertz CT molecular complexity index is 1370. The van der Waals surface area contributed by atoms with Crippen molar-refractivity contribution >= 4 is 40.7 Å². The van der Waals surface area contributed by atoms with E-state index in [1.165, 1.54) is 17.0 Å². The average molecular weight is 512 g/mol. The number of aliphatic hydroxyl groups excluding tert-OH is 1. The molecule has 0 aromatic heterocycles. The van der Waals surface area contributed by atoms with Gasteiger partial charge in [-0.15, -0.1) is 0 Å². The van der Waals surface area contributed by atoms with Gasteiger partial charge in [-0.05, 0) is 53.6 Å². The van der Waals surface area contributed by atoms with Crippen LogP contribution in [-0.2, 0) is 16.1 Å². The molecule has 5 rings (SSSR count). The number of amides is 1. The summed E-state index contributed by atoms with van der Waals surface area (Å²) in [5.74, 6) is -0.0693. The molecule has 2 aliphatic rings. The number of carbonyl (C=O) groups is 2. The highest BCUT2D eigenvalue weighted by Crippen LogP contribution is 2.42. The summed E-state index contributed by atoms with van der Waals surface area (Å²) < 4.78 is 16.1. The molecule has 2 aliphatic heterocycles. The van der Waals surface area contributed by atoms with Gasteiger partial charge in [0, 0.05) is 12.1 Å². The first kappa shape index (κ1) is 23.1. The predicted octanol–water partition coefficient (Wildman–Crippen LogP) is 5.35. The van der Waals surface area contributed by atoms with Crippen molar-refractivity contribution in [3.63, 3.8) is 0 Å². The molecule has 0 saturated carbocycles. The summed E-state index contributed by atoms with van der Waals surface area (Å²) in [6, 6.07) is 16.0. The maximum atomic E-state index is 13.2. The van der Waals surface area contributed by atoms with Crippen molar-refractivity contribution in [3.8, 4) is 17.2 Å². The van der Waals surface area contributed by atoms with Gasteiger partial charge in [0.1, 0.15) is 11.5 Å². The van der Waals surface area contributed by atoms with E-state index in [2.05, 4.69) is 0 Å². The molecule has 1 fully saturated rings. The van der Waals surface area contributed by atoms with E-state index >= 15 is 0 Å². The van der Waals surface area contributed by atoms with Crippen LogP contribution in [0.15, 0.2) is 66.2 Å². The summed E-state index contributed by atoms with van der Waals surface area (Å²) in [7, 11) is 1.55. The lowest BCUT2D eigenvalue weighted by Crippen LogP contribution is -2.29. The number of halogens is 2. The summed E-state index contributed by atoms with van der Waals surface area (Å²) in [5.41, 5.74) is 1.61. The highest BCUT2D eigenvalue weighted by atomic mass is 35.5. The number of aliphatic hydroxyl groups is 1. The number of rotatable bonds is 5. The zero-order chi connectivity index (χ0) is 24.7. The number of benzene rings is 3. The molecule has 0 aliphatic carbocycles. The van der Waals surface area contributed by atoms with Crippen molar-refractivity contribution in [1.82, 2.24) is 4.90 Å². The van der Waals surface area contributed by atoms with E-state index in [4.69, 9.17) is 37.4 Å². The van der Waals surface area contributed by atoms with Crippen LogP contribution in [0.3, 0.4) is 0 Å². The van der Waals surface area contributed by atoms with Gasteiger partial charge < -0.3 is 24.2 Å². The van der Waals surface area contributed by atoms with Gasteiger partial charge in [-0.1, -0.05) is 41.4 Å². The van der Waals surface area contributed by atoms with Crippen LogP contribution in [0.1, 0.15) is 22.7 Å². The molecule has 0 radical (unpaired) electrons. The number of fused-ring (bicyclic) bond motifs is 1. The molecule has 3 aromatic rings. The molecule has 0 bridgehead atoms. The maximum Gasteiger partial charge on any atom is 0.295 e. The summed E-state index contributed by atoms with van der Waals surface area (Å²) in [6.07, 6.45) is 0. The van der Waals surface area contributed by atoms with Crippen LogP contribution in [0.2, 0.25) is 10.0 Å². The zero-order valence-electron chi connectivity index (χ0n) is 18.5. The molecule has 2 heterocycles. The molecule has 35 heavy (non-hydrogen) atoms. The Morgan fingerprint density at radius 2 is 1.74 bits per heavy atom. The first-order valence-corrected chi connectivity index (χ1v) is 11.4. The van der Waals surface area contributed by atoms with Crippen molar-refractivity contribution in [3.05, 3.63) is 93.0 Å². The van der Waals surface area contributed by atoms with Crippen LogP contribution in [0, 0.1) is 0 Å². The molecule has 1 atom stereocenters. The lowest BCUT2D eigenvalue weighted by molar-refractivity contribution is -0.140. The molecule has 7 nitrogen and oxygen atoms in total. The number of ketones is 1. The number of carbonyl (C=O) groups excluding carboxylic acids is 2. The molecule has 9 heteroatoms. The molecular formula is C26H19Cl2NO6. The molecule has 178 valence electrons. The van der Waals surface area contributed by atoms with Crippen LogP contribution in [0.5, 0.6) is 17.2 Å². The maximum absolute atomic E-state index is 13.2. The number of methoxy groups -OCH3 is 1. The average Bonchev–Trinajstić information content (AvgIpc) is 3.43. The summed E-state index contributed by atoms with van der Waals surface area (Å²) >= 11 is 12.1. The lowest BCUT2D eigenvalue weighted by atomic mass is 9.95. The largest absolute Gasteiger partial charge is 0.507 e. The summed E-state index contributed by atoms with van der Waals surface area (Å²) in [5, 5.41) is 11.7. The van der Waals surface area contributed by atoms with Crippen LogP contribution in [-0.4, -0.2) is 35.6 Å². The Balaban J connectivity index is 1.61. The van der Waals surface area contributed by atoms with Crippen molar-refractivity contribution in [2.75, 3.05) is 13.9 Å². The molecule has 1 N–H and O–H groups in total. The number of nitrogens with zero attached hydrogens (tertiary/aromatic N) is 1. The standard InChI is InChI=1S/C26H19Cl2NO6/c1-33-17-6-3-15(4-7-17)23-22(24(30)16-5-8-18(27)19(28)11-16)25(31)26(32)29(23)12-14-2-9-20-21(10-14)35-13-34-20/h2-11,23,30H,12-13H2,1H3/b24-22+. The molecule has 1 saturated heterocycles. The number of likely N-dealkylation sites (tertiary alicyclic amines) is 1. The highest BCUT2D eigenvalue weighted by Gasteiger charge is 2.46. The van der Waals surface area contributed by atoms with Crippen LogP contribution in [0.4, 0.5) is 0 Å². The van der Waals surface area contributed by atoms with Gasteiger partial charge in [-0.2, -0.15) is 0 Å². The minimum Gasteiger partial charge on any atom is -0.507 e. The van der Waals surface area contributed by atoms with Gasteiger partial charge in [-0.3, -0.25) is 9.59 Å². The van der Waals surface area contributed by atoms with Crippen LogP contribution >= 0.6 is 23.2 Å². The van der Waals surface area contributed by atoms with Gasteiger partial charge in [0.15, 0.2) is 11.5 Å². The van der Waals surface area contributed by atoms with E-state index in [-0.39, 0.29) is 35.3 Å². The Morgan fingerprint density at radius 1 is 1.00 bits per heavy atom. The van der Waals surface area contributed by atoms with Crippen molar-refractivity contribution in [1.29, 1.82) is 0 Å². The normalized spacial score (nSPS) is 18.3. The summed E-state index contributed by atoms with van der Waals surface area (Å²) in [4.78, 5) is 27.9. The number of hydrogen-bond acceptors (Lipinski definition) is 6. The molecular weight excluding hydrogens is 493 g/mol. The third-order valence-corrected chi connectivity index (χ3v) is 6.69. The molecule has 0 spiro atoms.